The summed E-state index contributed by atoms with van der Waals surface area (Å²) in [6.07, 6.45) is 5.33. The molecule has 72 valence electrons. The first-order chi connectivity index (χ1) is 6.33. The van der Waals surface area contributed by atoms with Crippen molar-refractivity contribution in [2.75, 3.05) is 20.2 Å². The lowest BCUT2D eigenvalue weighted by Crippen LogP contribution is -2.26. The Kier molecular flexibility index (Phi) is 3.98. The van der Waals surface area contributed by atoms with E-state index in [-0.39, 0.29) is 12.5 Å². The zero-order chi connectivity index (χ0) is 9.52. The Hall–Kier alpha value is -1.36. The molecule has 0 atom stereocenters. The van der Waals surface area contributed by atoms with Gasteiger partial charge in [-0.15, -0.1) is 0 Å². The van der Waals surface area contributed by atoms with E-state index in [2.05, 4.69) is 15.0 Å². The van der Waals surface area contributed by atoms with E-state index in [0.717, 1.165) is 13.1 Å². The molecule has 1 heterocycles. The van der Waals surface area contributed by atoms with Gasteiger partial charge < -0.3 is 14.6 Å². The van der Waals surface area contributed by atoms with Gasteiger partial charge in [0.15, 0.2) is 0 Å². The van der Waals surface area contributed by atoms with Crippen LogP contribution in [0, 0.1) is 0 Å². The Labute approximate surface area is 76.7 Å². The Morgan fingerprint density at radius 3 is 3.15 bits per heavy atom. The SMILES string of the molecule is COC(=O)CNCCn1ccnc1. The fourth-order valence-corrected chi connectivity index (χ4v) is 0.890. The molecule has 0 saturated carbocycles. The second-order valence-electron chi connectivity index (χ2n) is 2.55. The van der Waals surface area contributed by atoms with Crippen LogP contribution in [-0.4, -0.2) is 35.7 Å². The number of hydrogen-bond acceptors (Lipinski definition) is 4. The third kappa shape index (κ3) is 3.71. The van der Waals surface area contributed by atoms with Gasteiger partial charge in [0.2, 0.25) is 0 Å². The van der Waals surface area contributed by atoms with Gasteiger partial charge in [0, 0.05) is 25.5 Å². The highest BCUT2D eigenvalue weighted by Crippen LogP contribution is 1.83. The molecule has 0 amide bonds. The van der Waals surface area contributed by atoms with Crippen LogP contribution in [0.2, 0.25) is 0 Å². The van der Waals surface area contributed by atoms with Gasteiger partial charge in [-0.1, -0.05) is 0 Å². The Bertz CT molecular complexity index is 246. The molecule has 5 nitrogen and oxygen atoms in total. The zero-order valence-electron chi connectivity index (χ0n) is 7.56. The highest BCUT2D eigenvalue weighted by atomic mass is 16.5. The maximum Gasteiger partial charge on any atom is 0.319 e. The van der Waals surface area contributed by atoms with Crippen molar-refractivity contribution in [3.05, 3.63) is 18.7 Å². The van der Waals surface area contributed by atoms with Crippen LogP contribution in [0.4, 0.5) is 0 Å². The van der Waals surface area contributed by atoms with Crippen molar-refractivity contribution in [2.45, 2.75) is 6.54 Å². The van der Waals surface area contributed by atoms with E-state index in [1.165, 1.54) is 7.11 Å². The van der Waals surface area contributed by atoms with Crippen LogP contribution >= 0.6 is 0 Å². The summed E-state index contributed by atoms with van der Waals surface area (Å²) in [6, 6.07) is 0. The molecule has 0 fully saturated rings. The van der Waals surface area contributed by atoms with Crippen molar-refractivity contribution in [3.8, 4) is 0 Å². The molecular formula is C8H13N3O2. The standard InChI is InChI=1S/C8H13N3O2/c1-13-8(12)6-9-2-4-11-5-3-10-7-11/h3,5,7,9H,2,4,6H2,1H3. The van der Waals surface area contributed by atoms with Crippen LogP contribution in [0.15, 0.2) is 18.7 Å². The van der Waals surface area contributed by atoms with Crippen molar-refractivity contribution in [3.63, 3.8) is 0 Å². The van der Waals surface area contributed by atoms with Crippen LogP contribution in [0.25, 0.3) is 0 Å². The van der Waals surface area contributed by atoms with Gasteiger partial charge in [-0.25, -0.2) is 4.98 Å². The molecule has 0 aromatic carbocycles. The molecular weight excluding hydrogens is 170 g/mol. The minimum atomic E-state index is -0.245. The molecule has 0 aliphatic heterocycles. The number of imidazole rings is 1. The average Bonchev–Trinajstić information content (AvgIpc) is 2.64. The van der Waals surface area contributed by atoms with Crippen LogP contribution in [0.5, 0.6) is 0 Å². The van der Waals surface area contributed by atoms with Crippen molar-refractivity contribution < 1.29 is 9.53 Å². The lowest BCUT2D eigenvalue weighted by Gasteiger charge is -2.03. The predicted octanol–water partition coefficient (Wildman–Crippen LogP) is -0.354. The first kappa shape index (κ1) is 9.73. The van der Waals surface area contributed by atoms with Gasteiger partial charge in [0.25, 0.3) is 0 Å². The number of carbonyl (C=O) groups excluding carboxylic acids is 1. The predicted molar refractivity (Wildman–Crippen MR) is 47.1 cm³/mol. The molecule has 0 bridgehead atoms. The summed E-state index contributed by atoms with van der Waals surface area (Å²) >= 11 is 0. The fraction of sp³-hybridized carbons (Fsp3) is 0.500. The summed E-state index contributed by atoms with van der Waals surface area (Å²) in [5, 5.41) is 2.95. The van der Waals surface area contributed by atoms with Crippen LogP contribution in [0.1, 0.15) is 0 Å². The molecule has 1 aromatic rings. The highest BCUT2D eigenvalue weighted by molar-refractivity contribution is 5.71. The molecule has 0 radical (unpaired) electrons. The van der Waals surface area contributed by atoms with Gasteiger partial charge in [0.05, 0.1) is 20.0 Å². The molecule has 0 aliphatic carbocycles. The third-order valence-corrected chi connectivity index (χ3v) is 1.60. The van der Waals surface area contributed by atoms with E-state index >= 15 is 0 Å². The Morgan fingerprint density at radius 2 is 2.54 bits per heavy atom. The van der Waals surface area contributed by atoms with E-state index in [1.54, 1.807) is 12.5 Å². The van der Waals surface area contributed by atoms with E-state index in [0.29, 0.717) is 0 Å². The van der Waals surface area contributed by atoms with E-state index in [9.17, 15) is 4.79 Å². The van der Waals surface area contributed by atoms with Crippen LogP contribution in [-0.2, 0) is 16.1 Å². The average molecular weight is 183 g/mol. The zero-order valence-corrected chi connectivity index (χ0v) is 7.56. The third-order valence-electron chi connectivity index (χ3n) is 1.60. The van der Waals surface area contributed by atoms with Crippen molar-refractivity contribution >= 4 is 5.97 Å². The van der Waals surface area contributed by atoms with E-state index < -0.39 is 0 Å². The molecule has 1 N–H and O–H groups in total. The lowest BCUT2D eigenvalue weighted by atomic mass is 10.5. The smallest absolute Gasteiger partial charge is 0.319 e. The van der Waals surface area contributed by atoms with Crippen LogP contribution in [0.3, 0.4) is 0 Å². The summed E-state index contributed by atoms with van der Waals surface area (Å²) in [5.74, 6) is -0.245. The second-order valence-corrected chi connectivity index (χ2v) is 2.55. The fourth-order valence-electron chi connectivity index (χ4n) is 0.890. The Balaban J connectivity index is 2.05. The summed E-state index contributed by atoms with van der Waals surface area (Å²) in [5.41, 5.74) is 0. The summed E-state index contributed by atoms with van der Waals surface area (Å²) < 4.78 is 6.40. The normalized spacial score (nSPS) is 9.92. The largest absolute Gasteiger partial charge is 0.468 e. The Morgan fingerprint density at radius 1 is 1.69 bits per heavy atom. The number of nitrogens with zero attached hydrogens (tertiary/aromatic N) is 2. The van der Waals surface area contributed by atoms with Crippen LogP contribution < -0.4 is 5.32 Å². The van der Waals surface area contributed by atoms with Gasteiger partial charge in [-0.3, -0.25) is 4.79 Å². The lowest BCUT2D eigenvalue weighted by molar-refractivity contribution is -0.139. The monoisotopic (exact) mass is 183 g/mol. The molecule has 5 heteroatoms. The first-order valence-corrected chi connectivity index (χ1v) is 4.06. The number of rotatable bonds is 5. The molecule has 0 unspecified atom stereocenters. The number of methoxy groups -OCH3 is 1. The summed E-state index contributed by atoms with van der Waals surface area (Å²) in [4.78, 5) is 14.6. The number of aromatic nitrogens is 2. The van der Waals surface area contributed by atoms with Gasteiger partial charge in [0.1, 0.15) is 0 Å². The van der Waals surface area contributed by atoms with Gasteiger partial charge >= 0.3 is 5.97 Å². The number of esters is 1. The van der Waals surface area contributed by atoms with Gasteiger partial charge in [-0.2, -0.15) is 0 Å². The van der Waals surface area contributed by atoms with Crippen molar-refractivity contribution in [2.24, 2.45) is 0 Å². The number of nitrogens with one attached hydrogen (secondary N) is 1. The molecule has 1 aromatic heterocycles. The highest BCUT2D eigenvalue weighted by Gasteiger charge is 1.97. The molecule has 13 heavy (non-hydrogen) atoms. The molecule has 0 saturated heterocycles. The minimum Gasteiger partial charge on any atom is -0.468 e. The maximum atomic E-state index is 10.7. The van der Waals surface area contributed by atoms with E-state index in [4.69, 9.17) is 0 Å². The summed E-state index contributed by atoms with van der Waals surface area (Å²) in [7, 11) is 1.37. The topological polar surface area (TPSA) is 56.1 Å². The number of ether oxygens (including phenoxy) is 1. The molecule has 1 rings (SSSR count). The summed E-state index contributed by atoms with van der Waals surface area (Å²) in [6.45, 7) is 1.79. The van der Waals surface area contributed by atoms with Crippen molar-refractivity contribution in [1.82, 2.24) is 14.9 Å². The molecule has 0 aliphatic rings. The minimum absolute atomic E-state index is 0.245. The number of carbonyl (C=O) groups is 1. The first-order valence-electron chi connectivity index (χ1n) is 4.06. The maximum absolute atomic E-state index is 10.7. The quantitative estimate of drug-likeness (QED) is 0.500. The van der Waals surface area contributed by atoms with Gasteiger partial charge in [-0.05, 0) is 0 Å². The second kappa shape index (κ2) is 5.31. The van der Waals surface area contributed by atoms with E-state index in [1.807, 2.05) is 10.8 Å². The van der Waals surface area contributed by atoms with Crippen molar-refractivity contribution in [1.29, 1.82) is 0 Å². The molecule has 0 spiro atoms. The number of hydrogen-bond donors (Lipinski definition) is 1.